The first-order valence-corrected chi connectivity index (χ1v) is 14.8. The molecule has 0 saturated carbocycles. The molecule has 3 N–H and O–H groups in total. The van der Waals surface area contributed by atoms with Crippen molar-refractivity contribution in [2.24, 2.45) is 0 Å². The molecule has 1 amide bonds. The van der Waals surface area contributed by atoms with Crippen LogP contribution < -0.4 is 10.1 Å². The Balaban J connectivity index is 1.21. The summed E-state index contributed by atoms with van der Waals surface area (Å²) in [4.78, 5) is 27.0. The van der Waals surface area contributed by atoms with E-state index in [1.165, 1.54) is 12.1 Å². The zero-order chi connectivity index (χ0) is 31.6. The van der Waals surface area contributed by atoms with E-state index in [1.54, 1.807) is 36.9 Å². The summed E-state index contributed by atoms with van der Waals surface area (Å²) in [6, 6.07) is 23.7. The highest BCUT2D eigenvalue weighted by Crippen LogP contribution is 2.36. The molecule has 9 nitrogen and oxygen atoms in total. The number of hydrogen-bond donors (Lipinski definition) is 3. The van der Waals surface area contributed by atoms with Crippen LogP contribution in [0.15, 0.2) is 104 Å². The molecule has 7 rings (SSSR count). The zero-order valence-corrected chi connectivity index (χ0v) is 25.2. The van der Waals surface area contributed by atoms with Crippen molar-refractivity contribution in [3.63, 3.8) is 0 Å². The summed E-state index contributed by atoms with van der Waals surface area (Å²) < 4.78 is 20.5. The van der Waals surface area contributed by atoms with Crippen LogP contribution in [-0.2, 0) is 0 Å². The summed E-state index contributed by atoms with van der Waals surface area (Å²) in [6.07, 6.45) is 6.87. The largest absolute Gasteiger partial charge is 0.492 e. The highest BCUT2D eigenvalue weighted by molar-refractivity contribution is 6.05. The summed E-state index contributed by atoms with van der Waals surface area (Å²) in [7, 11) is 3.92. The van der Waals surface area contributed by atoms with E-state index in [4.69, 9.17) is 4.74 Å². The summed E-state index contributed by atoms with van der Waals surface area (Å²) >= 11 is 0. The van der Waals surface area contributed by atoms with Crippen LogP contribution in [-0.4, -0.2) is 63.2 Å². The number of rotatable bonds is 9. The van der Waals surface area contributed by atoms with Gasteiger partial charge in [-0.3, -0.25) is 19.9 Å². The third kappa shape index (κ3) is 5.93. The Hall–Kier alpha value is -5.87. The van der Waals surface area contributed by atoms with Gasteiger partial charge in [-0.2, -0.15) is 5.10 Å². The van der Waals surface area contributed by atoms with E-state index < -0.39 is 0 Å². The lowest BCUT2D eigenvalue weighted by molar-refractivity contribution is 0.102. The van der Waals surface area contributed by atoms with Gasteiger partial charge < -0.3 is 19.9 Å². The third-order valence-corrected chi connectivity index (χ3v) is 7.72. The van der Waals surface area contributed by atoms with Crippen LogP contribution in [0.25, 0.3) is 55.4 Å². The van der Waals surface area contributed by atoms with Gasteiger partial charge in [0.15, 0.2) is 0 Å². The van der Waals surface area contributed by atoms with Crippen LogP contribution in [0.2, 0.25) is 0 Å². The maximum atomic E-state index is 14.7. The molecule has 0 radical (unpaired) electrons. The quantitative estimate of drug-likeness (QED) is 0.160. The van der Waals surface area contributed by atoms with Crippen molar-refractivity contribution in [1.29, 1.82) is 0 Å². The lowest BCUT2D eigenvalue weighted by atomic mass is 10.0. The zero-order valence-electron chi connectivity index (χ0n) is 25.2. The minimum Gasteiger partial charge on any atom is -0.492 e. The molecule has 0 saturated heterocycles. The second-order valence-electron chi connectivity index (χ2n) is 11.3. The first-order chi connectivity index (χ1) is 22.4. The Morgan fingerprint density at radius 3 is 2.54 bits per heavy atom. The van der Waals surface area contributed by atoms with Gasteiger partial charge in [-0.05, 0) is 73.8 Å². The molecule has 0 spiro atoms. The Bertz CT molecular complexity index is 2190. The highest BCUT2D eigenvalue weighted by Gasteiger charge is 2.16. The van der Waals surface area contributed by atoms with Gasteiger partial charge in [0, 0.05) is 52.5 Å². The standard InChI is InChI=1S/C36H30FN7O2/c1-44(2)10-11-46-28-14-24(12-26(37)16-28)31-20-39-21-34-29(31)17-33(41-34)35-30-15-23(8-9-32(30)42-43-35)25-13-27(19-38-18-25)40-36(45)22-6-4-3-5-7-22/h3-9,12-21,41H,10-11H2,1-2H3,(H,40,45)(H,42,43). The number of amides is 1. The molecule has 0 atom stereocenters. The van der Waals surface area contributed by atoms with Crippen molar-refractivity contribution in [3.8, 4) is 39.4 Å². The maximum Gasteiger partial charge on any atom is 0.255 e. The second kappa shape index (κ2) is 12.3. The van der Waals surface area contributed by atoms with Gasteiger partial charge in [-0.1, -0.05) is 24.3 Å². The number of pyridine rings is 2. The van der Waals surface area contributed by atoms with Gasteiger partial charge in [0.05, 0.1) is 34.8 Å². The van der Waals surface area contributed by atoms with E-state index in [0.717, 1.165) is 56.4 Å². The van der Waals surface area contributed by atoms with E-state index in [9.17, 15) is 9.18 Å². The number of likely N-dealkylation sites (N-methyl/N-ethyl adjacent to an activating group) is 1. The van der Waals surface area contributed by atoms with Crippen molar-refractivity contribution in [2.75, 3.05) is 32.6 Å². The topological polar surface area (TPSA) is 112 Å². The summed E-state index contributed by atoms with van der Waals surface area (Å²) in [5, 5.41) is 12.5. The number of benzene rings is 3. The molecule has 4 aromatic heterocycles. The SMILES string of the molecule is CN(C)CCOc1cc(F)cc(-c2cncc3[nH]c(-c4n[nH]c5ccc(-c6cncc(NC(=O)c7ccccc7)c6)cc45)cc23)c1. The normalized spacial score (nSPS) is 11.4. The van der Waals surface area contributed by atoms with Gasteiger partial charge in [0.25, 0.3) is 5.91 Å². The molecule has 0 unspecified atom stereocenters. The Morgan fingerprint density at radius 2 is 1.70 bits per heavy atom. The Labute approximate surface area is 264 Å². The van der Waals surface area contributed by atoms with Gasteiger partial charge in [-0.15, -0.1) is 0 Å². The first-order valence-electron chi connectivity index (χ1n) is 14.8. The van der Waals surface area contributed by atoms with Crippen molar-refractivity contribution in [2.45, 2.75) is 0 Å². The van der Waals surface area contributed by atoms with E-state index in [1.807, 2.05) is 73.6 Å². The Morgan fingerprint density at radius 1 is 0.848 bits per heavy atom. The Kier molecular flexibility index (Phi) is 7.69. The number of fused-ring (bicyclic) bond motifs is 2. The van der Waals surface area contributed by atoms with Crippen molar-refractivity contribution in [3.05, 3.63) is 115 Å². The molecule has 3 aromatic carbocycles. The molecule has 4 heterocycles. The predicted octanol–water partition coefficient (Wildman–Crippen LogP) is 7.17. The maximum absolute atomic E-state index is 14.7. The van der Waals surface area contributed by atoms with Crippen LogP contribution in [0, 0.1) is 5.82 Å². The van der Waals surface area contributed by atoms with Gasteiger partial charge in [0.2, 0.25) is 0 Å². The molecule has 10 heteroatoms. The van der Waals surface area contributed by atoms with E-state index in [2.05, 4.69) is 30.5 Å². The molecule has 0 aliphatic heterocycles. The molecule has 0 aliphatic carbocycles. The fourth-order valence-corrected chi connectivity index (χ4v) is 5.41. The number of ether oxygens (including phenoxy) is 1. The van der Waals surface area contributed by atoms with E-state index in [-0.39, 0.29) is 11.7 Å². The van der Waals surface area contributed by atoms with Crippen LogP contribution >= 0.6 is 0 Å². The molecule has 0 aliphatic rings. The molecule has 0 fully saturated rings. The van der Waals surface area contributed by atoms with Gasteiger partial charge in [0.1, 0.15) is 23.9 Å². The van der Waals surface area contributed by atoms with E-state index in [0.29, 0.717) is 29.2 Å². The smallest absolute Gasteiger partial charge is 0.255 e. The number of H-pyrrole nitrogens is 2. The monoisotopic (exact) mass is 611 g/mol. The average Bonchev–Trinajstić information content (AvgIpc) is 3.69. The molecule has 46 heavy (non-hydrogen) atoms. The summed E-state index contributed by atoms with van der Waals surface area (Å²) in [5.41, 5.74) is 7.55. The lowest BCUT2D eigenvalue weighted by Crippen LogP contribution is -2.19. The third-order valence-electron chi connectivity index (χ3n) is 7.72. The minimum atomic E-state index is -0.380. The van der Waals surface area contributed by atoms with Gasteiger partial charge in [-0.25, -0.2) is 4.39 Å². The number of carbonyl (C=O) groups excluding carboxylic acids is 1. The number of nitrogens with zero attached hydrogens (tertiary/aromatic N) is 4. The van der Waals surface area contributed by atoms with Crippen LogP contribution in [0.1, 0.15) is 10.4 Å². The van der Waals surface area contributed by atoms with Gasteiger partial charge >= 0.3 is 0 Å². The number of nitrogens with one attached hydrogen (secondary N) is 3. The van der Waals surface area contributed by atoms with Crippen LogP contribution in [0.4, 0.5) is 10.1 Å². The number of anilines is 1. The van der Waals surface area contributed by atoms with Crippen molar-refractivity contribution in [1.82, 2.24) is 30.0 Å². The second-order valence-corrected chi connectivity index (χ2v) is 11.3. The first kappa shape index (κ1) is 28.9. The highest BCUT2D eigenvalue weighted by atomic mass is 19.1. The molecule has 7 aromatic rings. The molecular formula is C36H30FN7O2. The molecular weight excluding hydrogens is 581 g/mol. The number of aromatic amines is 2. The van der Waals surface area contributed by atoms with Crippen molar-refractivity contribution < 1.29 is 13.9 Å². The van der Waals surface area contributed by atoms with E-state index >= 15 is 0 Å². The van der Waals surface area contributed by atoms with Crippen LogP contribution in [0.3, 0.4) is 0 Å². The van der Waals surface area contributed by atoms with Crippen molar-refractivity contribution >= 4 is 33.4 Å². The molecule has 228 valence electrons. The average molecular weight is 612 g/mol. The van der Waals surface area contributed by atoms with Crippen LogP contribution in [0.5, 0.6) is 5.75 Å². The predicted molar refractivity (Wildman–Crippen MR) is 178 cm³/mol. The summed E-state index contributed by atoms with van der Waals surface area (Å²) in [6.45, 7) is 1.17. The minimum absolute atomic E-state index is 0.203. The summed E-state index contributed by atoms with van der Waals surface area (Å²) in [5.74, 6) is -0.117. The fourth-order valence-electron chi connectivity index (χ4n) is 5.41. The number of hydrogen-bond acceptors (Lipinski definition) is 6. The fraction of sp³-hybridized carbons (Fsp3) is 0.111. The lowest BCUT2D eigenvalue weighted by Gasteiger charge is -2.12. The molecule has 0 bridgehead atoms. The number of carbonyl (C=O) groups is 1. The number of aromatic nitrogens is 5. The number of halogens is 1.